The molecule has 0 bridgehead atoms. The van der Waals surface area contributed by atoms with Gasteiger partial charge in [0.15, 0.2) is 12.4 Å². The average molecular weight is 443 g/mol. The van der Waals surface area contributed by atoms with E-state index in [1.165, 1.54) is 4.90 Å². The molecule has 0 fully saturated rings. The number of amides is 1. The zero-order chi connectivity index (χ0) is 20.4. The fraction of sp³-hybridized carbons (Fsp3) is 0.238. The topological polar surface area (TPSA) is 87.5 Å². The molecule has 0 N–H and O–H groups in total. The lowest BCUT2D eigenvalue weighted by Crippen LogP contribution is -2.35. The van der Waals surface area contributed by atoms with Crippen molar-refractivity contribution >= 4 is 39.3 Å². The zero-order valence-electron chi connectivity index (χ0n) is 15.1. The molecule has 0 saturated heterocycles. The Morgan fingerprint density at radius 1 is 1.00 bits per heavy atom. The molecule has 7 heteroatoms. The van der Waals surface area contributed by atoms with Gasteiger partial charge >= 0.3 is 5.97 Å². The quantitative estimate of drug-likeness (QED) is 0.433. The summed E-state index contributed by atoms with van der Waals surface area (Å²) < 4.78 is 5.88. The molecule has 0 unspecified atom stereocenters. The Morgan fingerprint density at radius 3 is 2.32 bits per heavy atom. The second kappa shape index (κ2) is 11.0. The summed E-state index contributed by atoms with van der Waals surface area (Å²) in [5.41, 5.74) is 1.14. The van der Waals surface area contributed by atoms with E-state index in [0.717, 1.165) is 4.47 Å². The first-order chi connectivity index (χ1) is 13.5. The molecular weight excluding hydrogens is 424 g/mol. The van der Waals surface area contributed by atoms with E-state index in [4.69, 9.17) is 10.00 Å². The number of para-hydroxylation sites is 1. The smallest absolute Gasteiger partial charge is 0.306 e. The van der Waals surface area contributed by atoms with E-state index >= 15 is 0 Å². The molecule has 0 aliphatic carbocycles. The molecule has 0 atom stereocenters. The van der Waals surface area contributed by atoms with Crippen LogP contribution in [-0.2, 0) is 14.3 Å². The Labute approximate surface area is 171 Å². The van der Waals surface area contributed by atoms with Gasteiger partial charge in [-0.05, 0) is 24.3 Å². The SMILES string of the molecule is N#CCCN(C(=O)COC(=O)CCC(=O)c1ccc(Br)cc1)c1ccccc1. The molecule has 0 saturated carbocycles. The zero-order valence-corrected chi connectivity index (χ0v) is 16.7. The van der Waals surface area contributed by atoms with Gasteiger partial charge in [0.2, 0.25) is 0 Å². The Bertz CT molecular complexity index is 860. The molecule has 0 aromatic heterocycles. The number of hydrogen-bond acceptors (Lipinski definition) is 5. The monoisotopic (exact) mass is 442 g/mol. The van der Waals surface area contributed by atoms with Crippen molar-refractivity contribution in [3.05, 3.63) is 64.6 Å². The third-order valence-corrected chi connectivity index (χ3v) is 4.42. The van der Waals surface area contributed by atoms with E-state index in [0.29, 0.717) is 11.3 Å². The molecule has 2 aromatic rings. The van der Waals surface area contributed by atoms with Crippen molar-refractivity contribution in [2.24, 2.45) is 0 Å². The molecule has 0 aliphatic heterocycles. The minimum atomic E-state index is -0.618. The highest BCUT2D eigenvalue weighted by Crippen LogP contribution is 2.15. The summed E-state index contributed by atoms with van der Waals surface area (Å²) in [4.78, 5) is 37.8. The molecule has 28 heavy (non-hydrogen) atoms. The summed E-state index contributed by atoms with van der Waals surface area (Å²) in [6.45, 7) is -0.232. The number of ketones is 1. The van der Waals surface area contributed by atoms with Crippen molar-refractivity contribution in [1.29, 1.82) is 5.26 Å². The highest BCUT2D eigenvalue weighted by molar-refractivity contribution is 9.10. The molecule has 144 valence electrons. The highest BCUT2D eigenvalue weighted by atomic mass is 79.9. The number of esters is 1. The summed E-state index contributed by atoms with van der Waals surface area (Å²) in [7, 11) is 0. The maximum absolute atomic E-state index is 12.4. The summed E-state index contributed by atoms with van der Waals surface area (Å²) in [5, 5.41) is 8.79. The number of anilines is 1. The number of nitriles is 1. The maximum atomic E-state index is 12.4. The van der Waals surface area contributed by atoms with Crippen LogP contribution >= 0.6 is 15.9 Å². The molecule has 6 nitrogen and oxygen atoms in total. The van der Waals surface area contributed by atoms with Crippen LogP contribution in [0.15, 0.2) is 59.1 Å². The van der Waals surface area contributed by atoms with Gasteiger partial charge in [-0.15, -0.1) is 0 Å². The van der Waals surface area contributed by atoms with Gasteiger partial charge in [0.1, 0.15) is 0 Å². The van der Waals surface area contributed by atoms with Gasteiger partial charge in [-0.2, -0.15) is 5.26 Å². The number of nitrogens with zero attached hydrogens (tertiary/aromatic N) is 2. The number of carbonyl (C=O) groups excluding carboxylic acids is 3. The predicted molar refractivity (Wildman–Crippen MR) is 108 cm³/mol. The van der Waals surface area contributed by atoms with Gasteiger partial charge < -0.3 is 9.64 Å². The summed E-state index contributed by atoms with van der Waals surface area (Å²) in [6, 6.07) is 17.7. The fourth-order valence-corrected chi connectivity index (χ4v) is 2.72. The second-order valence-corrected chi connectivity index (χ2v) is 6.80. The van der Waals surface area contributed by atoms with E-state index < -0.39 is 18.5 Å². The van der Waals surface area contributed by atoms with Gasteiger partial charge in [0.25, 0.3) is 5.91 Å². The van der Waals surface area contributed by atoms with Crippen LogP contribution in [0, 0.1) is 11.3 Å². The molecule has 2 aromatic carbocycles. The standard InChI is InChI=1S/C21H19BrN2O4/c22-17-9-7-16(8-10-17)19(25)11-12-21(27)28-15-20(26)24(14-4-13-23)18-5-2-1-3-6-18/h1-3,5-10H,4,11-12,14-15H2. The van der Waals surface area contributed by atoms with Gasteiger partial charge in [0, 0.05) is 28.7 Å². The van der Waals surface area contributed by atoms with Gasteiger partial charge in [-0.1, -0.05) is 46.3 Å². The number of halogens is 1. The number of hydrogen-bond donors (Lipinski definition) is 0. The third-order valence-electron chi connectivity index (χ3n) is 3.90. The molecule has 0 spiro atoms. The summed E-state index contributed by atoms with van der Waals surface area (Å²) >= 11 is 3.30. The number of Topliss-reactive ketones (excluding diaryl/α,β-unsaturated/α-hetero) is 1. The molecule has 0 radical (unpaired) electrons. The lowest BCUT2D eigenvalue weighted by Gasteiger charge is -2.21. The van der Waals surface area contributed by atoms with E-state index in [9.17, 15) is 14.4 Å². The van der Waals surface area contributed by atoms with E-state index in [2.05, 4.69) is 15.9 Å². The largest absolute Gasteiger partial charge is 0.456 e. The summed E-state index contributed by atoms with van der Waals surface area (Å²) in [5.74, 6) is -1.21. The molecule has 1 amide bonds. The minimum Gasteiger partial charge on any atom is -0.456 e. The molecule has 0 aliphatic rings. The highest BCUT2D eigenvalue weighted by Gasteiger charge is 2.18. The summed E-state index contributed by atoms with van der Waals surface area (Å²) in [6.07, 6.45) is 0.0630. The third kappa shape index (κ3) is 6.63. The van der Waals surface area contributed by atoms with Crippen molar-refractivity contribution < 1.29 is 19.1 Å². The Morgan fingerprint density at radius 2 is 1.68 bits per heavy atom. The normalized spacial score (nSPS) is 10.0. The number of benzene rings is 2. The number of carbonyl (C=O) groups is 3. The first-order valence-electron chi connectivity index (χ1n) is 8.68. The van der Waals surface area contributed by atoms with Crippen LogP contribution < -0.4 is 4.90 Å². The van der Waals surface area contributed by atoms with Crippen LogP contribution in [-0.4, -0.2) is 30.8 Å². The van der Waals surface area contributed by atoms with Crippen LogP contribution in [0.5, 0.6) is 0 Å². The van der Waals surface area contributed by atoms with Crippen LogP contribution in [0.3, 0.4) is 0 Å². The van der Waals surface area contributed by atoms with Crippen molar-refractivity contribution in [3.63, 3.8) is 0 Å². The van der Waals surface area contributed by atoms with Crippen molar-refractivity contribution in [2.45, 2.75) is 19.3 Å². The molecular formula is C21H19BrN2O4. The van der Waals surface area contributed by atoms with Crippen molar-refractivity contribution in [1.82, 2.24) is 0 Å². The van der Waals surface area contributed by atoms with Crippen LogP contribution in [0.1, 0.15) is 29.6 Å². The lowest BCUT2D eigenvalue weighted by molar-refractivity contribution is -0.147. The van der Waals surface area contributed by atoms with E-state index in [1.807, 2.05) is 12.1 Å². The number of rotatable bonds is 9. The van der Waals surface area contributed by atoms with Crippen LogP contribution in [0.25, 0.3) is 0 Å². The van der Waals surface area contributed by atoms with Gasteiger partial charge in [-0.25, -0.2) is 0 Å². The van der Waals surface area contributed by atoms with Crippen LogP contribution in [0.2, 0.25) is 0 Å². The Kier molecular flexibility index (Phi) is 8.37. The number of ether oxygens (including phenoxy) is 1. The molecule has 0 heterocycles. The van der Waals surface area contributed by atoms with Gasteiger partial charge in [0.05, 0.1) is 18.9 Å². The van der Waals surface area contributed by atoms with Crippen molar-refractivity contribution in [2.75, 3.05) is 18.1 Å². The van der Waals surface area contributed by atoms with Crippen molar-refractivity contribution in [3.8, 4) is 6.07 Å². The average Bonchev–Trinajstić information content (AvgIpc) is 2.72. The Hall–Kier alpha value is -2.98. The van der Waals surface area contributed by atoms with Gasteiger partial charge in [-0.3, -0.25) is 14.4 Å². The van der Waals surface area contributed by atoms with Crippen LogP contribution in [0.4, 0.5) is 5.69 Å². The lowest BCUT2D eigenvalue weighted by atomic mass is 10.1. The first kappa shape index (κ1) is 21.3. The van der Waals surface area contributed by atoms with E-state index in [-0.39, 0.29) is 31.6 Å². The molecule has 2 rings (SSSR count). The Balaban J connectivity index is 1.84. The predicted octanol–water partition coefficient (Wildman–Crippen LogP) is 3.90. The second-order valence-electron chi connectivity index (χ2n) is 5.88. The maximum Gasteiger partial charge on any atom is 0.306 e. The van der Waals surface area contributed by atoms with E-state index in [1.54, 1.807) is 48.5 Å². The first-order valence-corrected chi connectivity index (χ1v) is 9.47. The fourth-order valence-electron chi connectivity index (χ4n) is 2.46. The minimum absolute atomic E-state index is 0.00544.